The number of halogens is 1. The maximum atomic E-state index is 13.5. The molecule has 34 heavy (non-hydrogen) atoms. The van der Waals surface area contributed by atoms with Crippen LogP contribution in [-0.4, -0.2) is 82.0 Å². The van der Waals surface area contributed by atoms with E-state index in [0.717, 1.165) is 27.7 Å². The number of ether oxygens (including phenoxy) is 1. The number of hydrogen-bond donors (Lipinski definition) is 0. The molecule has 0 saturated carbocycles. The topological polar surface area (TPSA) is 83.1 Å². The summed E-state index contributed by atoms with van der Waals surface area (Å²) < 4.78 is 34.4. The molecule has 1 amide bonds. The Hall–Kier alpha value is -1.89. The molecular formula is C23H27BrN4O4S2. The molecule has 0 radical (unpaired) electrons. The molecule has 8 nitrogen and oxygen atoms in total. The van der Waals surface area contributed by atoms with Crippen molar-refractivity contribution in [3.8, 4) is 0 Å². The van der Waals surface area contributed by atoms with E-state index >= 15 is 0 Å². The number of amides is 1. The van der Waals surface area contributed by atoms with Crippen molar-refractivity contribution in [3.63, 3.8) is 0 Å². The largest absolute Gasteiger partial charge is 0.379 e. The van der Waals surface area contributed by atoms with Gasteiger partial charge in [-0.25, -0.2) is 13.4 Å². The van der Waals surface area contributed by atoms with Crippen LogP contribution < -0.4 is 4.90 Å². The van der Waals surface area contributed by atoms with Crippen LogP contribution in [0.3, 0.4) is 0 Å². The quantitative estimate of drug-likeness (QED) is 0.413. The molecule has 3 aromatic rings. The number of carbonyl (C=O) groups excluding carboxylic acids is 1. The van der Waals surface area contributed by atoms with Crippen LogP contribution >= 0.6 is 27.3 Å². The number of aromatic nitrogens is 1. The van der Waals surface area contributed by atoms with Gasteiger partial charge in [0.25, 0.3) is 5.91 Å². The number of thiazole rings is 1. The summed E-state index contributed by atoms with van der Waals surface area (Å²) in [6, 6.07) is 12.0. The third kappa shape index (κ3) is 5.67. The minimum absolute atomic E-state index is 0.176. The molecule has 1 saturated heterocycles. The summed E-state index contributed by atoms with van der Waals surface area (Å²) in [5.41, 5.74) is 1.26. The van der Waals surface area contributed by atoms with Gasteiger partial charge in [-0.1, -0.05) is 27.3 Å². The van der Waals surface area contributed by atoms with Gasteiger partial charge in [-0.3, -0.25) is 9.69 Å². The Bertz CT molecular complexity index is 1260. The van der Waals surface area contributed by atoms with Crippen molar-refractivity contribution >= 4 is 58.5 Å². The second-order valence-electron chi connectivity index (χ2n) is 8.26. The summed E-state index contributed by atoms with van der Waals surface area (Å²) in [6.45, 7) is 2.77. The number of nitrogens with zero attached hydrogens (tertiary/aromatic N) is 4. The first-order valence-electron chi connectivity index (χ1n) is 11.0. The number of morpholine rings is 1. The van der Waals surface area contributed by atoms with Crippen LogP contribution in [0, 0.1) is 0 Å². The number of rotatable bonds is 8. The van der Waals surface area contributed by atoms with Crippen LogP contribution in [0.1, 0.15) is 16.8 Å². The van der Waals surface area contributed by atoms with E-state index in [2.05, 4.69) is 20.8 Å². The summed E-state index contributed by atoms with van der Waals surface area (Å²) in [5, 5.41) is 0.627. The minimum Gasteiger partial charge on any atom is -0.379 e. The van der Waals surface area contributed by atoms with Gasteiger partial charge in [-0.15, -0.1) is 0 Å². The van der Waals surface area contributed by atoms with Crippen LogP contribution in [0.5, 0.6) is 0 Å². The molecule has 0 N–H and O–H groups in total. The second-order valence-corrected chi connectivity index (χ2v) is 12.1. The van der Waals surface area contributed by atoms with Gasteiger partial charge in [0.15, 0.2) is 5.13 Å². The van der Waals surface area contributed by atoms with Crippen LogP contribution in [-0.2, 0) is 14.8 Å². The molecule has 0 unspecified atom stereocenters. The molecule has 0 atom stereocenters. The predicted molar refractivity (Wildman–Crippen MR) is 138 cm³/mol. The fourth-order valence-corrected chi connectivity index (χ4v) is 6.64. The SMILES string of the molecule is CN(C)CCCN(C(=O)c1ccc(S(=O)(=O)N2CCOCC2)cc1)c1nc2ccc(Br)cc2s1. The highest BCUT2D eigenvalue weighted by atomic mass is 79.9. The van der Waals surface area contributed by atoms with E-state index in [4.69, 9.17) is 9.72 Å². The van der Waals surface area contributed by atoms with Crippen molar-refractivity contribution in [2.45, 2.75) is 11.3 Å². The number of fused-ring (bicyclic) bond motifs is 1. The molecule has 4 rings (SSSR count). The van der Waals surface area contributed by atoms with E-state index in [9.17, 15) is 13.2 Å². The first-order valence-corrected chi connectivity index (χ1v) is 14.0. The summed E-state index contributed by atoms with van der Waals surface area (Å²) in [6.07, 6.45) is 0.780. The monoisotopic (exact) mass is 566 g/mol. The third-order valence-electron chi connectivity index (χ3n) is 5.51. The molecular weight excluding hydrogens is 540 g/mol. The zero-order chi connectivity index (χ0) is 24.3. The minimum atomic E-state index is -3.61. The molecule has 11 heteroatoms. The standard InChI is InChI=1S/C23H27BrN4O4S2/c1-26(2)10-3-11-28(23-25-20-9-6-18(24)16-21(20)33-23)22(29)17-4-7-19(8-5-17)34(30,31)27-12-14-32-15-13-27/h4-9,16H,3,10-15H2,1-2H3. The van der Waals surface area contributed by atoms with Crippen LogP contribution in [0.4, 0.5) is 5.13 Å². The van der Waals surface area contributed by atoms with Crippen molar-refractivity contribution in [1.29, 1.82) is 0 Å². The summed E-state index contributed by atoms with van der Waals surface area (Å²) in [4.78, 5) is 22.1. The van der Waals surface area contributed by atoms with Gasteiger partial charge in [0.1, 0.15) is 0 Å². The smallest absolute Gasteiger partial charge is 0.260 e. The normalized spacial score (nSPS) is 15.2. The Kier molecular flexibility index (Phi) is 8.01. The van der Waals surface area contributed by atoms with Gasteiger partial charge in [-0.2, -0.15) is 4.31 Å². The molecule has 0 aliphatic carbocycles. The van der Waals surface area contributed by atoms with E-state index in [1.807, 2.05) is 32.3 Å². The molecule has 0 spiro atoms. The van der Waals surface area contributed by atoms with E-state index in [1.165, 1.54) is 27.8 Å². The number of benzene rings is 2. The average molecular weight is 568 g/mol. The Morgan fingerprint density at radius 2 is 1.82 bits per heavy atom. The Morgan fingerprint density at radius 3 is 2.50 bits per heavy atom. The van der Waals surface area contributed by atoms with E-state index in [1.54, 1.807) is 17.0 Å². The molecule has 1 aromatic heterocycles. The van der Waals surface area contributed by atoms with Crippen LogP contribution in [0.15, 0.2) is 51.8 Å². The number of carbonyl (C=O) groups is 1. The molecule has 2 aromatic carbocycles. The van der Waals surface area contributed by atoms with Gasteiger partial charge >= 0.3 is 0 Å². The molecule has 182 valence electrons. The zero-order valence-corrected chi connectivity index (χ0v) is 22.3. The van der Waals surface area contributed by atoms with E-state index in [0.29, 0.717) is 43.5 Å². The third-order valence-corrected chi connectivity index (χ3v) is 8.96. The molecule has 0 bridgehead atoms. The van der Waals surface area contributed by atoms with Gasteiger partial charge < -0.3 is 9.64 Å². The lowest BCUT2D eigenvalue weighted by molar-refractivity contribution is 0.0730. The first-order chi connectivity index (χ1) is 16.3. The molecule has 1 aliphatic rings. The van der Waals surface area contributed by atoms with Crippen molar-refractivity contribution in [2.75, 3.05) is 58.4 Å². The van der Waals surface area contributed by atoms with Crippen molar-refractivity contribution in [1.82, 2.24) is 14.2 Å². The fourth-order valence-electron chi connectivity index (χ4n) is 3.69. The first kappa shape index (κ1) is 25.2. The highest BCUT2D eigenvalue weighted by Crippen LogP contribution is 2.32. The van der Waals surface area contributed by atoms with Gasteiger partial charge in [0.2, 0.25) is 10.0 Å². The maximum Gasteiger partial charge on any atom is 0.260 e. The second kappa shape index (κ2) is 10.8. The summed E-state index contributed by atoms with van der Waals surface area (Å²) >= 11 is 4.95. The summed E-state index contributed by atoms with van der Waals surface area (Å²) in [7, 11) is 0.376. The number of anilines is 1. The van der Waals surface area contributed by atoms with Crippen molar-refractivity contribution < 1.29 is 17.9 Å². The van der Waals surface area contributed by atoms with E-state index in [-0.39, 0.29) is 10.8 Å². The Balaban J connectivity index is 1.60. The highest BCUT2D eigenvalue weighted by molar-refractivity contribution is 9.10. The lowest BCUT2D eigenvalue weighted by atomic mass is 10.2. The number of hydrogen-bond acceptors (Lipinski definition) is 7. The van der Waals surface area contributed by atoms with Crippen molar-refractivity contribution in [2.24, 2.45) is 0 Å². The Labute approximate surface area is 212 Å². The lowest BCUT2D eigenvalue weighted by Gasteiger charge is -2.26. The number of sulfonamides is 1. The maximum absolute atomic E-state index is 13.5. The van der Waals surface area contributed by atoms with Crippen molar-refractivity contribution in [3.05, 3.63) is 52.5 Å². The fraction of sp³-hybridized carbons (Fsp3) is 0.391. The van der Waals surface area contributed by atoms with Gasteiger partial charge in [0.05, 0.1) is 28.3 Å². The predicted octanol–water partition coefficient (Wildman–Crippen LogP) is 3.68. The molecule has 2 heterocycles. The Morgan fingerprint density at radius 1 is 1.12 bits per heavy atom. The summed E-state index contributed by atoms with van der Waals surface area (Å²) in [5.74, 6) is -0.202. The van der Waals surface area contributed by atoms with Gasteiger partial charge in [-0.05, 0) is 69.5 Å². The molecule has 1 aliphatic heterocycles. The highest BCUT2D eigenvalue weighted by Gasteiger charge is 2.27. The van der Waals surface area contributed by atoms with Crippen LogP contribution in [0.2, 0.25) is 0 Å². The zero-order valence-electron chi connectivity index (χ0n) is 19.1. The van der Waals surface area contributed by atoms with E-state index < -0.39 is 10.0 Å². The van der Waals surface area contributed by atoms with Gasteiger partial charge in [0, 0.05) is 29.7 Å². The lowest BCUT2D eigenvalue weighted by Crippen LogP contribution is -2.40. The molecule has 1 fully saturated rings. The average Bonchev–Trinajstić information content (AvgIpc) is 3.24. The van der Waals surface area contributed by atoms with Crippen LogP contribution in [0.25, 0.3) is 10.2 Å².